The summed E-state index contributed by atoms with van der Waals surface area (Å²) in [5.41, 5.74) is 0. The molecule has 2 fully saturated rings. The van der Waals surface area contributed by atoms with Gasteiger partial charge in [-0.15, -0.1) is 12.4 Å². The molecule has 2 atom stereocenters. The van der Waals surface area contributed by atoms with Crippen molar-refractivity contribution in [1.29, 1.82) is 0 Å². The first-order chi connectivity index (χ1) is 7.24. The quantitative estimate of drug-likeness (QED) is 0.836. The number of hydrogen-bond donors (Lipinski definition) is 1. The summed E-state index contributed by atoms with van der Waals surface area (Å²) in [5, 5.41) is 3.46. The Bertz CT molecular complexity index is 242. The zero-order valence-corrected chi connectivity index (χ0v) is 11.6. The molecule has 1 heterocycles. The number of hydrogen-bond acceptors (Lipinski definition) is 3. The molecule has 16 heavy (non-hydrogen) atoms. The van der Waals surface area contributed by atoms with Crippen molar-refractivity contribution in [3.8, 4) is 0 Å². The average Bonchev–Trinajstić information content (AvgIpc) is 2.92. The third-order valence-corrected chi connectivity index (χ3v) is 4.23. The fourth-order valence-corrected chi connectivity index (χ4v) is 2.52. The predicted molar refractivity (Wildman–Crippen MR) is 71.4 cm³/mol. The minimum absolute atomic E-state index is 0. The number of carbonyl (C=O) groups excluding carboxylic acids is 1. The van der Waals surface area contributed by atoms with Crippen molar-refractivity contribution in [2.24, 2.45) is 0 Å². The molecule has 0 bridgehead atoms. The second-order valence-corrected chi connectivity index (χ2v) is 5.68. The van der Waals surface area contributed by atoms with Gasteiger partial charge >= 0.3 is 0 Å². The van der Waals surface area contributed by atoms with Gasteiger partial charge in [-0.3, -0.25) is 4.79 Å². The van der Waals surface area contributed by atoms with Gasteiger partial charge in [0.1, 0.15) is 0 Å². The third-order valence-electron chi connectivity index (χ3n) is 3.32. The molecular formula is C11H21ClN2OS. The summed E-state index contributed by atoms with van der Waals surface area (Å²) >= 11 is 1.65. The Hall–Kier alpha value is 0.0700. The van der Waals surface area contributed by atoms with Gasteiger partial charge in [0.25, 0.3) is 0 Å². The zero-order chi connectivity index (χ0) is 10.8. The predicted octanol–water partition coefficient (Wildman–Crippen LogP) is 1.51. The van der Waals surface area contributed by atoms with Crippen LogP contribution in [0.4, 0.5) is 0 Å². The molecule has 94 valence electrons. The SMILES string of the molecule is CSC(C)C(=O)N(C1CC1)C1CCNC1.Cl. The van der Waals surface area contributed by atoms with Crippen LogP contribution in [-0.2, 0) is 4.79 Å². The Labute approximate surface area is 108 Å². The Morgan fingerprint density at radius 1 is 1.38 bits per heavy atom. The van der Waals surface area contributed by atoms with Gasteiger partial charge in [0, 0.05) is 18.6 Å². The van der Waals surface area contributed by atoms with Gasteiger partial charge in [0.15, 0.2) is 0 Å². The fraction of sp³-hybridized carbons (Fsp3) is 0.909. The van der Waals surface area contributed by atoms with Crippen molar-refractivity contribution in [2.45, 2.75) is 43.5 Å². The van der Waals surface area contributed by atoms with Crippen LogP contribution in [0.1, 0.15) is 26.2 Å². The molecule has 0 aromatic rings. The number of thioether (sulfide) groups is 1. The highest BCUT2D eigenvalue weighted by molar-refractivity contribution is 7.99. The van der Waals surface area contributed by atoms with Crippen molar-refractivity contribution in [3.63, 3.8) is 0 Å². The number of halogens is 1. The zero-order valence-electron chi connectivity index (χ0n) is 9.94. The highest BCUT2D eigenvalue weighted by Crippen LogP contribution is 2.31. The molecule has 1 saturated carbocycles. The van der Waals surface area contributed by atoms with Crippen molar-refractivity contribution in [3.05, 3.63) is 0 Å². The molecule has 2 aliphatic rings. The fourth-order valence-electron chi connectivity index (χ4n) is 2.20. The van der Waals surface area contributed by atoms with E-state index in [1.54, 1.807) is 11.8 Å². The molecular weight excluding hydrogens is 244 g/mol. The Balaban J connectivity index is 0.00000128. The van der Waals surface area contributed by atoms with E-state index in [1.165, 1.54) is 12.8 Å². The van der Waals surface area contributed by atoms with Gasteiger partial charge in [-0.25, -0.2) is 0 Å². The third kappa shape index (κ3) is 3.05. The van der Waals surface area contributed by atoms with E-state index in [0.717, 1.165) is 19.5 Å². The van der Waals surface area contributed by atoms with Crippen molar-refractivity contribution in [1.82, 2.24) is 10.2 Å². The van der Waals surface area contributed by atoms with E-state index in [2.05, 4.69) is 10.2 Å². The van der Waals surface area contributed by atoms with E-state index in [9.17, 15) is 4.79 Å². The normalized spacial score (nSPS) is 26.0. The summed E-state index contributed by atoms with van der Waals surface area (Å²) in [7, 11) is 0. The topological polar surface area (TPSA) is 32.3 Å². The van der Waals surface area contributed by atoms with E-state index >= 15 is 0 Å². The molecule has 1 saturated heterocycles. The van der Waals surface area contributed by atoms with Gasteiger partial charge in [-0.2, -0.15) is 11.8 Å². The van der Waals surface area contributed by atoms with E-state index in [0.29, 0.717) is 18.0 Å². The lowest BCUT2D eigenvalue weighted by Gasteiger charge is -2.30. The second-order valence-electron chi connectivity index (χ2n) is 4.50. The maximum atomic E-state index is 12.2. The lowest BCUT2D eigenvalue weighted by molar-refractivity contribution is -0.132. The molecule has 5 heteroatoms. The molecule has 2 rings (SSSR count). The molecule has 3 nitrogen and oxygen atoms in total. The van der Waals surface area contributed by atoms with Crippen LogP contribution in [0.5, 0.6) is 0 Å². The maximum absolute atomic E-state index is 12.2. The first-order valence-electron chi connectivity index (χ1n) is 5.79. The molecule has 0 aromatic heterocycles. The lowest BCUT2D eigenvalue weighted by Crippen LogP contribution is -2.46. The minimum Gasteiger partial charge on any atom is -0.334 e. The van der Waals surface area contributed by atoms with Crippen LogP contribution in [0.25, 0.3) is 0 Å². The summed E-state index contributed by atoms with van der Waals surface area (Å²) in [6, 6.07) is 1.01. The van der Waals surface area contributed by atoms with Gasteiger partial charge in [-0.1, -0.05) is 0 Å². The second kappa shape index (κ2) is 6.12. The molecule has 1 aliphatic carbocycles. The smallest absolute Gasteiger partial charge is 0.235 e. The molecule has 0 spiro atoms. The van der Waals surface area contributed by atoms with Gasteiger partial charge in [0.05, 0.1) is 5.25 Å². The van der Waals surface area contributed by atoms with E-state index in [4.69, 9.17) is 0 Å². The maximum Gasteiger partial charge on any atom is 0.235 e. The highest BCUT2D eigenvalue weighted by Gasteiger charge is 2.39. The highest BCUT2D eigenvalue weighted by atomic mass is 35.5. The Morgan fingerprint density at radius 2 is 2.06 bits per heavy atom. The number of rotatable bonds is 4. The summed E-state index contributed by atoms with van der Waals surface area (Å²) in [4.78, 5) is 14.4. The van der Waals surface area contributed by atoms with E-state index < -0.39 is 0 Å². The molecule has 0 radical (unpaired) electrons. The first kappa shape index (κ1) is 14.1. The number of nitrogens with zero attached hydrogens (tertiary/aromatic N) is 1. The monoisotopic (exact) mass is 264 g/mol. The first-order valence-corrected chi connectivity index (χ1v) is 7.08. The van der Waals surface area contributed by atoms with Crippen LogP contribution in [0.3, 0.4) is 0 Å². The van der Waals surface area contributed by atoms with Gasteiger partial charge in [0.2, 0.25) is 5.91 Å². The number of amides is 1. The van der Waals surface area contributed by atoms with E-state index in [-0.39, 0.29) is 17.7 Å². The minimum atomic E-state index is 0. The largest absolute Gasteiger partial charge is 0.334 e. The van der Waals surface area contributed by atoms with Crippen molar-refractivity contribution in [2.75, 3.05) is 19.3 Å². The molecule has 1 N–H and O–H groups in total. The summed E-state index contributed by atoms with van der Waals surface area (Å²) in [6.45, 7) is 4.07. The summed E-state index contributed by atoms with van der Waals surface area (Å²) < 4.78 is 0. The molecule has 1 amide bonds. The standard InChI is InChI=1S/C11H20N2OS.ClH/c1-8(15-2)11(14)13(9-3-4-9)10-5-6-12-7-10;/h8-10,12H,3-7H2,1-2H3;1H. The van der Waals surface area contributed by atoms with Gasteiger partial charge < -0.3 is 10.2 Å². The molecule has 2 unspecified atom stereocenters. The van der Waals surface area contributed by atoms with Crippen LogP contribution in [0.15, 0.2) is 0 Å². The molecule has 0 aromatic carbocycles. The summed E-state index contributed by atoms with van der Waals surface area (Å²) in [6.07, 6.45) is 5.57. The molecule has 1 aliphatic heterocycles. The Morgan fingerprint density at radius 3 is 2.50 bits per heavy atom. The number of nitrogens with one attached hydrogen (secondary N) is 1. The van der Waals surface area contributed by atoms with Crippen molar-refractivity contribution < 1.29 is 4.79 Å². The van der Waals surface area contributed by atoms with Crippen LogP contribution in [0.2, 0.25) is 0 Å². The van der Waals surface area contributed by atoms with Crippen LogP contribution in [-0.4, -0.2) is 47.5 Å². The summed E-state index contributed by atoms with van der Waals surface area (Å²) in [5.74, 6) is 0.346. The Kier molecular flexibility index (Phi) is 5.41. The van der Waals surface area contributed by atoms with Crippen LogP contribution in [0, 0.1) is 0 Å². The van der Waals surface area contributed by atoms with Crippen LogP contribution >= 0.6 is 24.2 Å². The number of carbonyl (C=O) groups is 1. The average molecular weight is 265 g/mol. The van der Waals surface area contributed by atoms with Crippen LogP contribution < -0.4 is 5.32 Å². The van der Waals surface area contributed by atoms with Crippen molar-refractivity contribution >= 4 is 30.1 Å². The lowest BCUT2D eigenvalue weighted by atomic mass is 10.2. The van der Waals surface area contributed by atoms with Gasteiger partial charge in [-0.05, 0) is 39.0 Å². The van der Waals surface area contributed by atoms with E-state index in [1.807, 2.05) is 13.2 Å².